The number of nitrogens with zero attached hydrogens (tertiary/aromatic N) is 3. The van der Waals surface area contributed by atoms with Crippen LogP contribution in [0.4, 0.5) is 0 Å². The van der Waals surface area contributed by atoms with Gasteiger partial charge in [0.25, 0.3) is 0 Å². The molecular formula is C5H10N4O3. The SMILES string of the molecule is [N-]=[N+]=NCCOC[C@H](N)C(=O)O. The number of ether oxygens (including phenoxy) is 1. The summed E-state index contributed by atoms with van der Waals surface area (Å²) in [5.41, 5.74) is 13.0. The molecule has 0 heterocycles. The largest absolute Gasteiger partial charge is 0.480 e. The van der Waals surface area contributed by atoms with Gasteiger partial charge in [-0.1, -0.05) is 5.11 Å². The Bertz CT molecular complexity index is 189. The summed E-state index contributed by atoms with van der Waals surface area (Å²) in [7, 11) is 0. The van der Waals surface area contributed by atoms with Crippen LogP contribution < -0.4 is 5.73 Å². The van der Waals surface area contributed by atoms with Gasteiger partial charge in [0.05, 0.1) is 13.2 Å². The molecule has 0 radical (unpaired) electrons. The molecule has 0 amide bonds. The molecule has 12 heavy (non-hydrogen) atoms. The molecule has 0 unspecified atom stereocenters. The summed E-state index contributed by atoms with van der Waals surface area (Å²) < 4.78 is 4.79. The molecule has 0 bridgehead atoms. The van der Waals surface area contributed by atoms with E-state index < -0.39 is 12.0 Å². The van der Waals surface area contributed by atoms with Crippen LogP contribution in [0.25, 0.3) is 10.4 Å². The zero-order chi connectivity index (χ0) is 9.40. The minimum absolute atomic E-state index is 0.0731. The maximum atomic E-state index is 10.1. The molecule has 68 valence electrons. The first-order valence-corrected chi connectivity index (χ1v) is 3.25. The monoisotopic (exact) mass is 174 g/mol. The molecule has 0 aromatic carbocycles. The number of rotatable bonds is 6. The van der Waals surface area contributed by atoms with Crippen molar-refractivity contribution in [2.45, 2.75) is 6.04 Å². The van der Waals surface area contributed by atoms with E-state index in [1.807, 2.05) is 0 Å². The minimum Gasteiger partial charge on any atom is -0.480 e. The van der Waals surface area contributed by atoms with Crippen molar-refractivity contribution in [2.24, 2.45) is 10.8 Å². The van der Waals surface area contributed by atoms with E-state index in [-0.39, 0.29) is 19.8 Å². The highest BCUT2D eigenvalue weighted by molar-refractivity contribution is 5.73. The third-order valence-corrected chi connectivity index (χ3v) is 1.01. The van der Waals surface area contributed by atoms with Crippen molar-refractivity contribution in [3.05, 3.63) is 10.4 Å². The van der Waals surface area contributed by atoms with Crippen molar-refractivity contribution in [1.29, 1.82) is 0 Å². The van der Waals surface area contributed by atoms with Gasteiger partial charge in [-0.2, -0.15) is 0 Å². The number of nitrogens with two attached hydrogens (primary N) is 1. The van der Waals surface area contributed by atoms with E-state index in [4.69, 9.17) is 21.1 Å². The number of aliphatic carboxylic acids is 1. The third kappa shape index (κ3) is 5.48. The van der Waals surface area contributed by atoms with Crippen molar-refractivity contribution in [2.75, 3.05) is 19.8 Å². The number of carbonyl (C=O) groups is 1. The fourth-order valence-corrected chi connectivity index (χ4v) is 0.432. The number of hydrogen-bond acceptors (Lipinski definition) is 4. The summed E-state index contributed by atoms with van der Waals surface area (Å²) in [6, 6.07) is -1.02. The van der Waals surface area contributed by atoms with Crippen molar-refractivity contribution < 1.29 is 14.6 Å². The lowest BCUT2D eigenvalue weighted by Gasteiger charge is -2.05. The summed E-state index contributed by atoms with van der Waals surface area (Å²) in [6.07, 6.45) is 0. The fourth-order valence-electron chi connectivity index (χ4n) is 0.432. The summed E-state index contributed by atoms with van der Waals surface area (Å²) in [5, 5.41) is 11.5. The molecule has 0 fully saturated rings. The zero-order valence-corrected chi connectivity index (χ0v) is 6.38. The molecule has 7 heteroatoms. The van der Waals surface area contributed by atoms with Gasteiger partial charge in [-0.25, -0.2) is 0 Å². The highest BCUT2D eigenvalue weighted by atomic mass is 16.5. The van der Waals surface area contributed by atoms with Crippen LogP contribution in [0.1, 0.15) is 0 Å². The van der Waals surface area contributed by atoms with Crippen molar-refractivity contribution >= 4 is 5.97 Å². The molecule has 0 aliphatic rings. The Morgan fingerprint density at radius 3 is 3.00 bits per heavy atom. The molecule has 0 aliphatic carbocycles. The lowest BCUT2D eigenvalue weighted by atomic mass is 10.3. The molecule has 0 aromatic rings. The van der Waals surface area contributed by atoms with Crippen molar-refractivity contribution in [1.82, 2.24) is 0 Å². The first kappa shape index (κ1) is 10.7. The lowest BCUT2D eigenvalue weighted by molar-refractivity contribution is -0.139. The van der Waals surface area contributed by atoms with Crippen molar-refractivity contribution in [3.63, 3.8) is 0 Å². The normalized spacial score (nSPS) is 11.8. The van der Waals surface area contributed by atoms with E-state index in [1.165, 1.54) is 0 Å². The van der Waals surface area contributed by atoms with Crippen LogP contribution in [0.5, 0.6) is 0 Å². The molecule has 0 saturated heterocycles. The molecule has 0 rings (SSSR count). The van der Waals surface area contributed by atoms with Gasteiger partial charge in [-0.15, -0.1) is 0 Å². The van der Waals surface area contributed by atoms with Crippen LogP contribution in [0.15, 0.2) is 5.11 Å². The van der Waals surface area contributed by atoms with Crippen LogP contribution in [0, 0.1) is 0 Å². The summed E-state index contributed by atoms with van der Waals surface area (Å²) in [6.45, 7) is 0.296. The first-order chi connectivity index (χ1) is 5.68. The average molecular weight is 174 g/mol. The quantitative estimate of drug-likeness (QED) is 0.249. The summed E-state index contributed by atoms with van der Waals surface area (Å²) >= 11 is 0. The zero-order valence-electron chi connectivity index (χ0n) is 6.38. The van der Waals surface area contributed by atoms with Crippen LogP contribution in [-0.4, -0.2) is 36.9 Å². The molecular weight excluding hydrogens is 164 g/mol. The van der Waals surface area contributed by atoms with E-state index >= 15 is 0 Å². The van der Waals surface area contributed by atoms with Crippen LogP contribution in [-0.2, 0) is 9.53 Å². The standard InChI is InChI=1S/C5H10N4O3/c6-4(5(10)11)3-12-2-1-8-9-7/h4H,1-3,6H2,(H,10,11)/t4-/m0/s1. The van der Waals surface area contributed by atoms with E-state index in [9.17, 15) is 4.79 Å². The second kappa shape index (κ2) is 6.41. The molecule has 0 aromatic heterocycles. The molecule has 3 N–H and O–H groups in total. The number of azide groups is 1. The van der Waals surface area contributed by atoms with Crippen LogP contribution >= 0.6 is 0 Å². The predicted molar refractivity (Wildman–Crippen MR) is 40.4 cm³/mol. The summed E-state index contributed by atoms with van der Waals surface area (Å²) in [4.78, 5) is 12.6. The Kier molecular flexibility index (Phi) is 5.72. The van der Waals surface area contributed by atoms with E-state index in [0.717, 1.165) is 0 Å². The van der Waals surface area contributed by atoms with Gasteiger partial charge in [-0.3, -0.25) is 4.79 Å². The van der Waals surface area contributed by atoms with Gasteiger partial charge in [0.2, 0.25) is 0 Å². The maximum Gasteiger partial charge on any atom is 0.322 e. The van der Waals surface area contributed by atoms with Crippen LogP contribution in [0.3, 0.4) is 0 Å². The molecule has 0 saturated carbocycles. The second-order valence-electron chi connectivity index (χ2n) is 1.97. The molecule has 1 atom stereocenters. The van der Waals surface area contributed by atoms with E-state index in [2.05, 4.69) is 10.0 Å². The summed E-state index contributed by atoms with van der Waals surface area (Å²) in [5.74, 6) is -1.11. The minimum atomic E-state index is -1.11. The van der Waals surface area contributed by atoms with Gasteiger partial charge in [0, 0.05) is 11.5 Å². The fraction of sp³-hybridized carbons (Fsp3) is 0.800. The van der Waals surface area contributed by atoms with Gasteiger partial charge in [0.15, 0.2) is 0 Å². The van der Waals surface area contributed by atoms with E-state index in [0.29, 0.717) is 0 Å². The number of hydrogen-bond donors (Lipinski definition) is 2. The Balaban J connectivity index is 3.31. The van der Waals surface area contributed by atoms with Gasteiger partial charge in [-0.05, 0) is 5.53 Å². The first-order valence-electron chi connectivity index (χ1n) is 3.25. The highest BCUT2D eigenvalue weighted by Gasteiger charge is 2.10. The van der Waals surface area contributed by atoms with Crippen LogP contribution in [0.2, 0.25) is 0 Å². The highest BCUT2D eigenvalue weighted by Crippen LogP contribution is 1.82. The van der Waals surface area contributed by atoms with Gasteiger partial charge in [0.1, 0.15) is 6.04 Å². The number of carboxylic acid groups (broad SMARTS) is 1. The molecule has 0 spiro atoms. The Morgan fingerprint density at radius 2 is 2.50 bits per heavy atom. The average Bonchev–Trinajstić information content (AvgIpc) is 2.03. The molecule has 0 aliphatic heterocycles. The Morgan fingerprint density at radius 1 is 1.83 bits per heavy atom. The topological polar surface area (TPSA) is 121 Å². The van der Waals surface area contributed by atoms with E-state index in [1.54, 1.807) is 0 Å². The Labute approximate surface area is 68.7 Å². The Hall–Kier alpha value is -1.30. The number of carboxylic acids is 1. The van der Waals surface area contributed by atoms with Gasteiger partial charge >= 0.3 is 5.97 Å². The lowest BCUT2D eigenvalue weighted by Crippen LogP contribution is -2.35. The molecule has 7 nitrogen and oxygen atoms in total. The smallest absolute Gasteiger partial charge is 0.322 e. The third-order valence-electron chi connectivity index (χ3n) is 1.01. The van der Waals surface area contributed by atoms with Crippen molar-refractivity contribution in [3.8, 4) is 0 Å². The van der Waals surface area contributed by atoms with Gasteiger partial charge < -0.3 is 15.6 Å². The maximum absolute atomic E-state index is 10.1. The predicted octanol–water partition coefficient (Wildman–Crippen LogP) is -0.275. The second-order valence-corrected chi connectivity index (χ2v) is 1.97.